The highest BCUT2D eigenvalue weighted by Crippen LogP contribution is 2.55. The molecule has 1 aliphatic carbocycles. The summed E-state index contributed by atoms with van der Waals surface area (Å²) in [6, 6.07) is 16.2. The summed E-state index contributed by atoms with van der Waals surface area (Å²) in [6.45, 7) is 3.67. The third-order valence-corrected chi connectivity index (χ3v) is 7.10. The lowest BCUT2D eigenvalue weighted by Gasteiger charge is -2.21. The Morgan fingerprint density at radius 3 is 2.65 bits per heavy atom. The molecule has 1 N–H and O–H groups in total. The van der Waals surface area contributed by atoms with Crippen LogP contribution in [0.1, 0.15) is 36.0 Å². The van der Waals surface area contributed by atoms with E-state index in [0.29, 0.717) is 25.5 Å². The standard InChI is InChI=1S/C27H29N3O4/c1-18-20(9-6-10-22(18)19-7-4-3-5-8-19)16-34-26-28-14-21(24(29-26)33-2)15-30-17-27(11-12-27)13-23(30)25(31)32/h3-10,14,23H,11-13,15-17H2,1-2H3,(H,31,32)/t23-/m0/s1. The molecule has 0 amide bonds. The van der Waals surface area contributed by atoms with Crippen molar-refractivity contribution in [3.63, 3.8) is 0 Å². The van der Waals surface area contributed by atoms with Gasteiger partial charge in [0, 0.05) is 24.8 Å². The van der Waals surface area contributed by atoms with Crippen LogP contribution in [0, 0.1) is 12.3 Å². The number of rotatable bonds is 8. The topological polar surface area (TPSA) is 84.8 Å². The Hall–Kier alpha value is -3.45. The molecule has 0 bridgehead atoms. The minimum absolute atomic E-state index is 0.187. The second kappa shape index (κ2) is 9.06. The smallest absolute Gasteiger partial charge is 0.320 e. The molecule has 5 rings (SSSR count). The van der Waals surface area contributed by atoms with Crippen molar-refractivity contribution in [2.24, 2.45) is 5.41 Å². The summed E-state index contributed by atoms with van der Waals surface area (Å²) in [5.41, 5.74) is 5.50. The first kappa shape index (κ1) is 22.3. The molecule has 1 saturated heterocycles. The SMILES string of the molecule is COc1nc(OCc2cccc(-c3ccccc3)c2C)ncc1CN1CC2(CC2)C[C@H]1C(=O)O. The molecule has 1 saturated carbocycles. The number of carboxylic acids is 1. The number of likely N-dealkylation sites (tertiary alicyclic amines) is 1. The van der Waals surface area contributed by atoms with E-state index < -0.39 is 12.0 Å². The van der Waals surface area contributed by atoms with E-state index in [-0.39, 0.29) is 11.4 Å². The van der Waals surface area contributed by atoms with E-state index in [4.69, 9.17) is 9.47 Å². The van der Waals surface area contributed by atoms with Crippen molar-refractivity contribution in [1.29, 1.82) is 0 Å². The molecular weight excluding hydrogens is 430 g/mol. The molecule has 1 spiro atoms. The van der Waals surface area contributed by atoms with Gasteiger partial charge in [0.25, 0.3) is 0 Å². The monoisotopic (exact) mass is 459 g/mol. The zero-order chi connectivity index (χ0) is 23.7. The first-order chi connectivity index (χ1) is 16.5. The lowest BCUT2D eigenvalue weighted by atomic mass is 9.97. The zero-order valence-corrected chi connectivity index (χ0v) is 19.5. The van der Waals surface area contributed by atoms with Crippen molar-refractivity contribution in [2.45, 2.75) is 45.4 Å². The van der Waals surface area contributed by atoms with Crippen LogP contribution in [0.25, 0.3) is 11.1 Å². The molecule has 0 unspecified atom stereocenters. The number of hydrogen-bond acceptors (Lipinski definition) is 6. The van der Waals surface area contributed by atoms with Gasteiger partial charge in [-0.15, -0.1) is 0 Å². The molecule has 2 heterocycles. The number of aliphatic carboxylic acids is 1. The van der Waals surface area contributed by atoms with Gasteiger partial charge in [-0.05, 0) is 53.9 Å². The Morgan fingerprint density at radius 1 is 1.15 bits per heavy atom. The van der Waals surface area contributed by atoms with E-state index in [1.807, 2.05) is 35.2 Å². The molecular formula is C27H29N3O4. The van der Waals surface area contributed by atoms with Crippen LogP contribution in [0.2, 0.25) is 0 Å². The lowest BCUT2D eigenvalue weighted by molar-refractivity contribution is -0.142. The number of ether oxygens (including phenoxy) is 2. The van der Waals surface area contributed by atoms with Gasteiger partial charge in [-0.1, -0.05) is 48.5 Å². The quantitative estimate of drug-likeness (QED) is 0.532. The fraction of sp³-hybridized carbons (Fsp3) is 0.370. The molecule has 7 nitrogen and oxygen atoms in total. The summed E-state index contributed by atoms with van der Waals surface area (Å²) >= 11 is 0. The normalized spacial score (nSPS) is 18.7. The summed E-state index contributed by atoms with van der Waals surface area (Å²) in [4.78, 5) is 22.6. The molecule has 1 atom stereocenters. The second-order valence-electron chi connectivity index (χ2n) is 9.39. The minimum atomic E-state index is -0.767. The highest BCUT2D eigenvalue weighted by molar-refractivity contribution is 5.74. The van der Waals surface area contributed by atoms with Gasteiger partial charge in [-0.3, -0.25) is 9.69 Å². The third-order valence-electron chi connectivity index (χ3n) is 7.10. The van der Waals surface area contributed by atoms with Crippen LogP contribution in [-0.4, -0.2) is 45.6 Å². The van der Waals surface area contributed by atoms with Crippen LogP contribution in [0.5, 0.6) is 11.9 Å². The van der Waals surface area contributed by atoms with Crippen LogP contribution >= 0.6 is 0 Å². The molecule has 2 aliphatic rings. The average Bonchev–Trinajstić information content (AvgIpc) is 3.51. The van der Waals surface area contributed by atoms with Gasteiger partial charge in [-0.2, -0.15) is 4.98 Å². The van der Waals surface area contributed by atoms with Gasteiger partial charge in [0.2, 0.25) is 5.88 Å². The van der Waals surface area contributed by atoms with E-state index >= 15 is 0 Å². The molecule has 7 heteroatoms. The van der Waals surface area contributed by atoms with Gasteiger partial charge in [0.15, 0.2) is 0 Å². The summed E-state index contributed by atoms with van der Waals surface area (Å²) in [5.74, 6) is -0.350. The molecule has 0 radical (unpaired) electrons. The highest BCUT2D eigenvalue weighted by atomic mass is 16.5. The van der Waals surface area contributed by atoms with Crippen LogP contribution in [0.4, 0.5) is 0 Å². The summed E-state index contributed by atoms with van der Waals surface area (Å²) in [6.07, 6.45) is 4.62. The fourth-order valence-electron chi connectivity index (χ4n) is 4.96. The fourth-order valence-corrected chi connectivity index (χ4v) is 4.96. The summed E-state index contributed by atoms with van der Waals surface area (Å²) < 4.78 is 11.4. The Kier molecular flexibility index (Phi) is 5.96. The van der Waals surface area contributed by atoms with Crippen LogP contribution in [0.3, 0.4) is 0 Å². The van der Waals surface area contributed by atoms with Gasteiger partial charge in [-0.25, -0.2) is 4.98 Å². The predicted octanol–water partition coefficient (Wildman–Crippen LogP) is 4.48. The number of hydrogen-bond donors (Lipinski definition) is 1. The van der Waals surface area contributed by atoms with Crippen LogP contribution in [-0.2, 0) is 17.9 Å². The lowest BCUT2D eigenvalue weighted by Crippen LogP contribution is -2.35. The number of carbonyl (C=O) groups is 1. The Morgan fingerprint density at radius 2 is 1.94 bits per heavy atom. The van der Waals surface area contributed by atoms with Crippen LogP contribution in [0.15, 0.2) is 54.7 Å². The molecule has 3 aromatic rings. The summed E-state index contributed by atoms with van der Waals surface area (Å²) in [5, 5.41) is 9.66. The van der Waals surface area contributed by atoms with E-state index in [1.54, 1.807) is 13.3 Å². The largest absolute Gasteiger partial charge is 0.481 e. The average molecular weight is 460 g/mol. The number of nitrogens with zero attached hydrogens (tertiary/aromatic N) is 3. The van der Waals surface area contributed by atoms with Crippen molar-refractivity contribution in [2.75, 3.05) is 13.7 Å². The van der Waals surface area contributed by atoms with Gasteiger partial charge >= 0.3 is 12.0 Å². The van der Waals surface area contributed by atoms with E-state index in [1.165, 1.54) is 11.1 Å². The zero-order valence-electron chi connectivity index (χ0n) is 19.5. The van der Waals surface area contributed by atoms with Crippen molar-refractivity contribution in [3.8, 4) is 23.0 Å². The van der Waals surface area contributed by atoms with Gasteiger partial charge in [0.1, 0.15) is 12.6 Å². The third kappa shape index (κ3) is 4.48. The number of methoxy groups -OCH3 is 1. The number of benzene rings is 2. The van der Waals surface area contributed by atoms with Gasteiger partial charge < -0.3 is 14.6 Å². The van der Waals surface area contributed by atoms with E-state index in [0.717, 1.165) is 36.1 Å². The molecule has 2 aromatic carbocycles. The predicted molar refractivity (Wildman–Crippen MR) is 128 cm³/mol. The Bertz CT molecular complexity index is 1190. The first-order valence-electron chi connectivity index (χ1n) is 11.6. The molecule has 2 fully saturated rings. The van der Waals surface area contributed by atoms with E-state index in [9.17, 15) is 9.90 Å². The van der Waals surface area contributed by atoms with Crippen LogP contribution < -0.4 is 9.47 Å². The van der Waals surface area contributed by atoms with Crippen molar-refractivity contribution in [1.82, 2.24) is 14.9 Å². The van der Waals surface area contributed by atoms with Gasteiger partial charge in [0.05, 0.1) is 7.11 Å². The Balaban J connectivity index is 1.29. The van der Waals surface area contributed by atoms with Crippen molar-refractivity contribution >= 4 is 5.97 Å². The first-order valence-corrected chi connectivity index (χ1v) is 11.6. The number of carboxylic acid groups (broad SMARTS) is 1. The number of aromatic nitrogens is 2. The van der Waals surface area contributed by atoms with Crippen molar-refractivity contribution in [3.05, 3.63) is 71.4 Å². The maximum atomic E-state index is 11.8. The Labute approximate surface area is 199 Å². The molecule has 1 aliphatic heterocycles. The molecule has 34 heavy (non-hydrogen) atoms. The summed E-state index contributed by atoms with van der Waals surface area (Å²) in [7, 11) is 1.56. The second-order valence-corrected chi connectivity index (χ2v) is 9.39. The maximum absolute atomic E-state index is 11.8. The highest BCUT2D eigenvalue weighted by Gasteiger charge is 2.53. The van der Waals surface area contributed by atoms with Crippen molar-refractivity contribution < 1.29 is 19.4 Å². The minimum Gasteiger partial charge on any atom is -0.481 e. The maximum Gasteiger partial charge on any atom is 0.320 e. The molecule has 176 valence electrons. The van der Waals surface area contributed by atoms with E-state index in [2.05, 4.69) is 35.1 Å². The molecule has 1 aromatic heterocycles.